The Hall–Kier alpha value is -8.83. The van der Waals surface area contributed by atoms with E-state index < -0.39 is 23.5 Å². The molecule has 11 heteroatoms. The number of nitrogens with zero attached hydrogens (tertiary/aromatic N) is 4. The Kier molecular flexibility index (Phi) is 10.4. The molecule has 0 aliphatic carbocycles. The lowest BCUT2D eigenvalue weighted by Gasteiger charge is -2.17. The third-order valence-electron chi connectivity index (χ3n) is 13.1. The van der Waals surface area contributed by atoms with Gasteiger partial charge in [-0.25, -0.2) is 15.0 Å². The summed E-state index contributed by atoms with van der Waals surface area (Å²) in [5, 5.41) is 3.27. The predicted octanol–water partition coefficient (Wildman–Crippen LogP) is 17.5. The van der Waals surface area contributed by atoms with Crippen molar-refractivity contribution in [1.29, 1.82) is 0 Å². The van der Waals surface area contributed by atoms with Crippen molar-refractivity contribution in [2.24, 2.45) is 0 Å². The summed E-state index contributed by atoms with van der Waals surface area (Å²) in [5.41, 5.74) is 8.68. The normalized spacial score (nSPS) is 12.2. The SMILES string of the molecule is Cc1cc(-c2ccc3c(c2)c2cc(-c4cc(C)cc(C(F)(F)F)c4)ccc2n3-c2ccc(-c3ccc4oc5ccccc5c4c3)cc2-c2nc(-c3ccccc3)nc(-c3ccccc3)n2)cc(C(F)(F)F)c1. The maximum atomic E-state index is 14.2. The van der Waals surface area contributed by atoms with E-state index in [0.29, 0.717) is 83.9 Å². The molecule has 5 nitrogen and oxygen atoms in total. The average Bonchev–Trinajstić information content (AvgIpc) is 3.92. The van der Waals surface area contributed by atoms with E-state index >= 15 is 0 Å². The summed E-state index contributed by atoms with van der Waals surface area (Å²) >= 11 is 0. The molecule has 9 aromatic carbocycles. The molecule has 0 fully saturated rings. The van der Waals surface area contributed by atoms with Crippen LogP contribution < -0.4 is 0 Å². The highest BCUT2D eigenvalue weighted by Crippen LogP contribution is 2.43. The van der Waals surface area contributed by atoms with Gasteiger partial charge in [-0.1, -0.05) is 115 Å². The summed E-state index contributed by atoms with van der Waals surface area (Å²) in [6.45, 7) is 3.25. The minimum Gasteiger partial charge on any atom is -0.456 e. The van der Waals surface area contributed by atoms with Crippen molar-refractivity contribution in [3.63, 3.8) is 0 Å². The molecule has 0 amide bonds. The second kappa shape index (κ2) is 16.9. The third kappa shape index (κ3) is 8.02. The first kappa shape index (κ1) is 44.4. The first-order valence-corrected chi connectivity index (χ1v) is 23.1. The number of rotatable bonds is 7. The molecule has 0 saturated heterocycles. The number of furan rings is 1. The third-order valence-corrected chi connectivity index (χ3v) is 13.1. The first-order chi connectivity index (χ1) is 34.7. The Labute approximate surface area is 408 Å². The fraction of sp³-hybridized carbons (Fsp3) is 0.0656. The van der Waals surface area contributed by atoms with E-state index in [1.54, 1.807) is 38.1 Å². The van der Waals surface area contributed by atoms with E-state index in [1.807, 2.05) is 133 Å². The van der Waals surface area contributed by atoms with Gasteiger partial charge in [0, 0.05) is 38.2 Å². The van der Waals surface area contributed by atoms with Gasteiger partial charge in [0.15, 0.2) is 17.5 Å². The van der Waals surface area contributed by atoms with Crippen LogP contribution in [0.2, 0.25) is 0 Å². The Balaban J connectivity index is 1.15. The van der Waals surface area contributed by atoms with Gasteiger partial charge in [-0.15, -0.1) is 0 Å². The number of benzene rings is 9. The molecule has 3 heterocycles. The smallest absolute Gasteiger partial charge is 0.416 e. The molecule has 3 aromatic heterocycles. The van der Waals surface area contributed by atoms with Gasteiger partial charge in [-0.05, 0) is 137 Å². The zero-order valence-corrected chi connectivity index (χ0v) is 38.4. The maximum absolute atomic E-state index is 14.2. The molecule has 0 N–H and O–H groups in total. The largest absolute Gasteiger partial charge is 0.456 e. The minimum absolute atomic E-state index is 0.370. The summed E-state index contributed by atoms with van der Waals surface area (Å²) in [6, 6.07) is 58.3. The van der Waals surface area contributed by atoms with Gasteiger partial charge in [-0.3, -0.25) is 0 Å². The molecule has 0 spiro atoms. The topological polar surface area (TPSA) is 56.7 Å². The van der Waals surface area contributed by atoms with Crippen molar-refractivity contribution in [3.8, 4) is 73.2 Å². The second-order valence-electron chi connectivity index (χ2n) is 18.0. The highest BCUT2D eigenvalue weighted by molar-refractivity contribution is 6.12. The van der Waals surface area contributed by atoms with Crippen LogP contribution in [0.4, 0.5) is 26.3 Å². The number of halogens is 6. The van der Waals surface area contributed by atoms with E-state index in [-0.39, 0.29) is 0 Å². The Morgan fingerprint density at radius 2 is 0.806 bits per heavy atom. The maximum Gasteiger partial charge on any atom is 0.416 e. The lowest BCUT2D eigenvalue weighted by Crippen LogP contribution is -2.05. The van der Waals surface area contributed by atoms with Crippen LogP contribution in [0.25, 0.3) is 117 Å². The second-order valence-corrected chi connectivity index (χ2v) is 18.0. The van der Waals surface area contributed by atoms with Crippen molar-refractivity contribution in [2.75, 3.05) is 0 Å². The molecule has 72 heavy (non-hydrogen) atoms. The number of fused-ring (bicyclic) bond motifs is 6. The van der Waals surface area contributed by atoms with Crippen molar-refractivity contribution in [2.45, 2.75) is 26.2 Å². The molecule has 0 aliphatic rings. The molecule has 12 aromatic rings. The summed E-state index contributed by atoms with van der Waals surface area (Å²) in [5.74, 6) is 1.27. The lowest BCUT2D eigenvalue weighted by molar-refractivity contribution is -0.138. The molecule has 0 aliphatic heterocycles. The molecule has 350 valence electrons. The molecular formula is C61H38F6N4O. The number of hydrogen-bond acceptors (Lipinski definition) is 4. The lowest BCUT2D eigenvalue weighted by atomic mass is 9.96. The fourth-order valence-electron chi connectivity index (χ4n) is 9.79. The van der Waals surface area contributed by atoms with E-state index in [1.165, 1.54) is 0 Å². The average molecular weight is 957 g/mol. The van der Waals surface area contributed by atoms with Gasteiger partial charge in [-0.2, -0.15) is 26.3 Å². The Morgan fingerprint density at radius 1 is 0.361 bits per heavy atom. The summed E-state index contributed by atoms with van der Waals surface area (Å²) in [7, 11) is 0. The van der Waals surface area contributed by atoms with Crippen molar-refractivity contribution in [1.82, 2.24) is 19.5 Å². The number of alkyl halides is 6. The van der Waals surface area contributed by atoms with Crippen molar-refractivity contribution >= 4 is 43.7 Å². The van der Waals surface area contributed by atoms with Gasteiger partial charge in [0.2, 0.25) is 0 Å². The monoisotopic (exact) mass is 956 g/mol. The number of para-hydroxylation sites is 1. The van der Waals surface area contributed by atoms with E-state index in [9.17, 15) is 26.3 Å². The molecule has 0 bridgehead atoms. The number of aromatic nitrogens is 4. The molecule has 12 rings (SSSR count). The molecule has 0 atom stereocenters. The van der Waals surface area contributed by atoms with Crippen molar-refractivity contribution < 1.29 is 30.8 Å². The van der Waals surface area contributed by atoms with Gasteiger partial charge in [0.25, 0.3) is 0 Å². The van der Waals surface area contributed by atoms with E-state index in [2.05, 4.69) is 16.7 Å². The molecule has 0 saturated carbocycles. The van der Waals surface area contributed by atoms with Crippen LogP contribution in [0, 0.1) is 13.8 Å². The Bertz CT molecular complexity index is 3920. The standard InChI is InChI=1S/C61H38F6N4O/c1-35-25-43(29-45(27-35)60(62,63)64)41-18-21-52-48(31-41)49-32-42(44-26-36(2)28-46(30-44)61(65,66)67)19-22-53(49)71(52)54-23-17-39(40-20-24-56-50(33-40)47-15-9-10-16-55(47)72-56)34-51(54)59-69-57(37-11-5-3-6-12-37)68-58(70-59)38-13-7-4-8-14-38/h3-34H,1-2H3. The van der Waals surface area contributed by atoms with Gasteiger partial charge in [0.05, 0.1) is 27.8 Å². The fourth-order valence-corrected chi connectivity index (χ4v) is 9.79. The van der Waals surface area contributed by atoms with Crippen LogP contribution in [0.15, 0.2) is 199 Å². The van der Waals surface area contributed by atoms with Crippen molar-refractivity contribution in [3.05, 3.63) is 216 Å². The summed E-state index contributed by atoms with van der Waals surface area (Å²) < 4.78 is 93.7. The van der Waals surface area contributed by atoms with Crippen LogP contribution in [0.1, 0.15) is 22.3 Å². The first-order valence-electron chi connectivity index (χ1n) is 23.1. The van der Waals surface area contributed by atoms with Crippen LogP contribution >= 0.6 is 0 Å². The van der Waals surface area contributed by atoms with Gasteiger partial charge in [0.1, 0.15) is 11.2 Å². The number of hydrogen-bond donors (Lipinski definition) is 0. The van der Waals surface area contributed by atoms with Crippen LogP contribution in [-0.4, -0.2) is 19.5 Å². The van der Waals surface area contributed by atoms with E-state index in [0.717, 1.165) is 68.5 Å². The van der Waals surface area contributed by atoms with Crippen LogP contribution in [0.3, 0.4) is 0 Å². The van der Waals surface area contributed by atoms with E-state index in [4.69, 9.17) is 19.4 Å². The Morgan fingerprint density at radius 3 is 1.36 bits per heavy atom. The summed E-state index contributed by atoms with van der Waals surface area (Å²) in [4.78, 5) is 15.4. The highest BCUT2D eigenvalue weighted by atomic mass is 19.4. The molecule has 0 radical (unpaired) electrons. The zero-order chi connectivity index (χ0) is 49.5. The highest BCUT2D eigenvalue weighted by Gasteiger charge is 2.32. The summed E-state index contributed by atoms with van der Waals surface area (Å²) in [6.07, 6.45) is -9.15. The minimum atomic E-state index is -4.57. The molecular weight excluding hydrogens is 919 g/mol. The van der Waals surface area contributed by atoms with Gasteiger partial charge < -0.3 is 8.98 Å². The van der Waals surface area contributed by atoms with Crippen LogP contribution in [0.5, 0.6) is 0 Å². The van der Waals surface area contributed by atoms with Gasteiger partial charge >= 0.3 is 12.4 Å². The molecule has 0 unspecified atom stereocenters. The number of aryl methyl sites for hydroxylation is 2. The van der Waals surface area contributed by atoms with Crippen LogP contribution in [-0.2, 0) is 12.4 Å². The zero-order valence-electron chi connectivity index (χ0n) is 38.4. The quantitative estimate of drug-likeness (QED) is 0.149. The predicted molar refractivity (Wildman–Crippen MR) is 274 cm³/mol.